The van der Waals surface area contributed by atoms with Gasteiger partial charge in [0.1, 0.15) is 14.9 Å². The number of anilines is 1. The molecule has 3 aromatic rings. The van der Waals surface area contributed by atoms with Gasteiger partial charge < -0.3 is 0 Å². The van der Waals surface area contributed by atoms with Gasteiger partial charge in [-0.3, -0.25) is 15.1 Å². The van der Waals surface area contributed by atoms with Crippen LogP contribution in [0.25, 0.3) is 10.7 Å². The minimum absolute atomic E-state index is 0.212. The van der Waals surface area contributed by atoms with Crippen molar-refractivity contribution in [2.45, 2.75) is 20.3 Å². The highest BCUT2D eigenvalue weighted by Gasteiger charge is 2.18. The highest BCUT2D eigenvalue weighted by molar-refractivity contribution is 7.17. The van der Waals surface area contributed by atoms with Gasteiger partial charge in [-0.1, -0.05) is 24.3 Å². The monoisotopic (exact) mass is 331 g/mol. The van der Waals surface area contributed by atoms with Gasteiger partial charge in [-0.2, -0.15) is 0 Å². The van der Waals surface area contributed by atoms with E-state index in [1.54, 1.807) is 6.20 Å². The van der Waals surface area contributed by atoms with E-state index in [2.05, 4.69) is 25.5 Å². The van der Waals surface area contributed by atoms with E-state index in [0.29, 0.717) is 15.7 Å². The zero-order chi connectivity index (χ0) is 15.5. The topological polar surface area (TPSA) is 80.7 Å². The standard InChI is InChI=1S/C14H13N5OS2/c1-3-10-18-19-14(21-10)17-12(20)11-8(2)16-13(22-11)9-6-4-5-7-15-9/h4-7H,3H2,1-2H3,(H,17,19,20). The molecular weight excluding hydrogens is 318 g/mol. The number of thiazole rings is 1. The number of rotatable bonds is 4. The lowest BCUT2D eigenvalue weighted by atomic mass is 10.3. The highest BCUT2D eigenvalue weighted by atomic mass is 32.1. The first-order valence-electron chi connectivity index (χ1n) is 6.70. The second-order valence-corrected chi connectivity index (χ2v) is 6.52. The van der Waals surface area contributed by atoms with Crippen molar-refractivity contribution in [3.05, 3.63) is 40.0 Å². The van der Waals surface area contributed by atoms with Gasteiger partial charge in [0.05, 0.1) is 11.4 Å². The number of nitrogens with zero attached hydrogens (tertiary/aromatic N) is 4. The number of aromatic nitrogens is 4. The van der Waals surface area contributed by atoms with Crippen LogP contribution in [0.5, 0.6) is 0 Å². The summed E-state index contributed by atoms with van der Waals surface area (Å²) in [7, 11) is 0. The first kappa shape index (κ1) is 14.7. The van der Waals surface area contributed by atoms with Gasteiger partial charge in [-0.15, -0.1) is 21.5 Å². The molecule has 0 aliphatic heterocycles. The van der Waals surface area contributed by atoms with Crippen molar-refractivity contribution in [3.63, 3.8) is 0 Å². The third-order valence-electron chi connectivity index (χ3n) is 2.88. The molecule has 112 valence electrons. The van der Waals surface area contributed by atoms with Gasteiger partial charge in [-0.05, 0) is 25.5 Å². The maximum absolute atomic E-state index is 12.4. The summed E-state index contributed by atoms with van der Waals surface area (Å²) in [5, 5.41) is 12.9. The summed E-state index contributed by atoms with van der Waals surface area (Å²) in [6.07, 6.45) is 2.51. The van der Waals surface area contributed by atoms with Crippen molar-refractivity contribution < 1.29 is 4.79 Å². The van der Waals surface area contributed by atoms with Crippen molar-refractivity contribution >= 4 is 33.7 Å². The normalized spacial score (nSPS) is 10.6. The number of hydrogen-bond donors (Lipinski definition) is 1. The second-order valence-electron chi connectivity index (χ2n) is 4.46. The summed E-state index contributed by atoms with van der Waals surface area (Å²) in [4.78, 5) is 21.6. The molecule has 6 nitrogen and oxygen atoms in total. The van der Waals surface area contributed by atoms with Crippen LogP contribution in [0.15, 0.2) is 24.4 Å². The Morgan fingerprint density at radius 3 is 2.82 bits per heavy atom. The molecule has 1 amide bonds. The summed E-state index contributed by atoms with van der Waals surface area (Å²) >= 11 is 2.71. The number of aryl methyl sites for hydroxylation is 2. The van der Waals surface area contributed by atoms with Crippen molar-refractivity contribution in [1.82, 2.24) is 20.2 Å². The Morgan fingerprint density at radius 1 is 1.27 bits per heavy atom. The Bertz CT molecular complexity index is 797. The van der Waals surface area contributed by atoms with E-state index in [0.717, 1.165) is 22.1 Å². The van der Waals surface area contributed by atoms with Crippen LogP contribution in [0, 0.1) is 6.92 Å². The lowest BCUT2D eigenvalue weighted by Gasteiger charge is -1.97. The van der Waals surface area contributed by atoms with E-state index in [4.69, 9.17) is 0 Å². The Labute approximate surface area is 135 Å². The molecular formula is C14H13N5OS2. The molecule has 1 N–H and O–H groups in total. The van der Waals surface area contributed by atoms with E-state index in [9.17, 15) is 4.79 Å². The number of carbonyl (C=O) groups excluding carboxylic acids is 1. The van der Waals surface area contributed by atoms with Crippen molar-refractivity contribution in [2.75, 3.05) is 5.32 Å². The average Bonchev–Trinajstić information content (AvgIpc) is 3.14. The van der Waals surface area contributed by atoms with Crippen molar-refractivity contribution in [1.29, 1.82) is 0 Å². The largest absolute Gasteiger partial charge is 0.296 e. The van der Waals surface area contributed by atoms with Gasteiger partial charge in [0.25, 0.3) is 5.91 Å². The van der Waals surface area contributed by atoms with Gasteiger partial charge in [0.2, 0.25) is 5.13 Å². The quantitative estimate of drug-likeness (QED) is 0.794. The molecule has 0 radical (unpaired) electrons. The number of amides is 1. The number of pyridine rings is 1. The Balaban J connectivity index is 1.82. The minimum atomic E-state index is -0.212. The minimum Gasteiger partial charge on any atom is -0.296 e. The molecule has 22 heavy (non-hydrogen) atoms. The Morgan fingerprint density at radius 2 is 2.14 bits per heavy atom. The summed E-state index contributed by atoms with van der Waals surface area (Å²) in [5.41, 5.74) is 1.45. The molecule has 0 saturated heterocycles. The molecule has 0 fully saturated rings. The molecule has 0 aliphatic rings. The summed E-state index contributed by atoms with van der Waals surface area (Å²) in [6, 6.07) is 5.61. The molecule has 3 rings (SSSR count). The van der Waals surface area contributed by atoms with Crippen LogP contribution in [0.4, 0.5) is 5.13 Å². The molecule has 3 heterocycles. The number of nitrogens with one attached hydrogen (secondary N) is 1. The fourth-order valence-corrected chi connectivity index (χ4v) is 3.42. The molecule has 0 saturated carbocycles. The van der Waals surface area contributed by atoms with E-state index < -0.39 is 0 Å². The Kier molecular flexibility index (Phi) is 4.21. The van der Waals surface area contributed by atoms with Gasteiger partial charge >= 0.3 is 0 Å². The summed E-state index contributed by atoms with van der Waals surface area (Å²) < 4.78 is 0. The summed E-state index contributed by atoms with van der Waals surface area (Å²) in [6.45, 7) is 3.81. The molecule has 0 aromatic carbocycles. The van der Waals surface area contributed by atoms with Crippen LogP contribution in [-0.2, 0) is 6.42 Å². The fraction of sp³-hybridized carbons (Fsp3) is 0.214. The molecule has 0 unspecified atom stereocenters. The zero-order valence-corrected chi connectivity index (χ0v) is 13.7. The maximum atomic E-state index is 12.4. The number of hydrogen-bond acceptors (Lipinski definition) is 7. The van der Waals surface area contributed by atoms with Gasteiger partial charge in [-0.25, -0.2) is 4.98 Å². The van der Waals surface area contributed by atoms with E-state index in [1.807, 2.05) is 32.0 Å². The first-order chi connectivity index (χ1) is 10.7. The number of carbonyl (C=O) groups is 1. The smallest absolute Gasteiger partial charge is 0.269 e. The molecule has 0 atom stereocenters. The molecule has 0 aliphatic carbocycles. The SMILES string of the molecule is CCc1nnc(NC(=O)c2sc(-c3ccccn3)nc2C)s1. The van der Waals surface area contributed by atoms with E-state index >= 15 is 0 Å². The molecule has 0 bridgehead atoms. The van der Waals surface area contributed by atoms with Gasteiger partial charge in [0.15, 0.2) is 0 Å². The van der Waals surface area contributed by atoms with Crippen LogP contribution in [0.1, 0.15) is 27.3 Å². The predicted octanol–water partition coefficient (Wildman–Crippen LogP) is 3.18. The third kappa shape index (κ3) is 3.02. The van der Waals surface area contributed by atoms with E-state index in [1.165, 1.54) is 22.7 Å². The zero-order valence-electron chi connectivity index (χ0n) is 12.0. The van der Waals surface area contributed by atoms with Crippen LogP contribution in [0.3, 0.4) is 0 Å². The Hall–Kier alpha value is -2.19. The van der Waals surface area contributed by atoms with Gasteiger partial charge in [0, 0.05) is 6.20 Å². The summed E-state index contributed by atoms with van der Waals surface area (Å²) in [5.74, 6) is -0.212. The fourth-order valence-electron chi connectivity index (χ4n) is 1.81. The molecule has 3 aromatic heterocycles. The lowest BCUT2D eigenvalue weighted by molar-refractivity contribution is 0.102. The maximum Gasteiger partial charge on any atom is 0.269 e. The van der Waals surface area contributed by atoms with E-state index in [-0.39, 0.29) is 5.91 Å². The lowest BCUT2D eigenvalue weighted by Crippen LogP contribution is -2.11. The highest BCUT2D eigenvalue weighted by Crippen LogP contribution is 2.27. The van der Waals surface area contributed by atoms with Crippen LogP contribution < -0.4 is 5.32 Å². The van der Waals surface area contributed by atoms with Crippen molar-refractivity contribution in [3.8, 4) is 10.7 Å². The van der Waals surface area contributed by atoms with Crippen LogP contribution in [-0.4, -0.2) is 26.1 Å². The van der Waals surface area contributed by atoms with Crippen LogP contribution >= 0.6 is 22.7 Å². The molecule has 0 spiro atoms. The van der Waals surface area contributed by atoms with Crippen LogP contribution in [0.2, 0.25) is 0 Å². The predicted molar refractivity (Wildman–Crippen MR) is 87.3 cm³/mol. The molecule has 8 heteroatoms. The first-order valence-corrected chi connectivity index (χ1v) is 8.33. The van der Waals surface area contributed by atoms with Crippen molar-refractivity contribution in [2.24, 2.45) is 0 Å². The third-order valence-corrected chi connectivity index (χ3v) is 5.04. The second kappa shape index (κ2) is 6.29. The average molecular weight is 331 g/mol.